The molecule has 2 heterocycles. The van der Waals surface area contributed by atoms with Gasteiger partial charge >= 0.3 is 0 Å². The molecule has 0 saturated heterocycles. The number of imidazole rings is 1. The number of nitrogens with one attached hydrogen (secondary N) is 2. The van der Waals surface area contributed by atoms with Gasteiger partial charge in [0.05, 0.1) is 0 Å². The lowest BCUT2D eigenvalue weighted by atomic mass is 10.1. The summed E-state index contributed by atoms with van der Waals surface area (Å²) in [6.07, 6.45) is 10.4. The Morgan fingerprint density at radius 2 is 2.19 bits per heavy atom. The van der Waals surface area contributed by atoms with E-state index in [1.165, 1.54) is 4.90 Å². The van der Waals surface area contributed by atoms with Crippen LogP contribution >= 0.6 is 0 Å². The molecule has 2 aromatic rings. The number of fused-ring (bicyclic) bond motifs is 1. The third-order valence-electron chi connectivity index (χ3n) is 4.11. The lowest BCUT2D eigenvalue weighted by Gasteiger charge is -2.27. The van der Waals surface area contributed by atoms with Gasteiger partial charge in [-0.25, -0.2) is 4.98 Å². The molecule has 1 aliphatic rings. The first-order valence-electron chi connectivity index (χ1n) is 8.29. The molecule has 0 bridgehead atoms. The van der Waals surface area contributed by atoms with Crippen molar-refractivity contribution in [1.29, 1.82) is 0 Å². The van der Waals surface area contributed by atoms with Crippen molar-refractivity contribution in [2.45, 2.75) is 19.5 Å². The summed E-state index contributed by atoms with van der Waals surface area (Å²) in [5, 5.41) is 2.71. The lowest BCUT2D eigenvalue weighted by Crippen LogP contribution is -2.45. The number of benzene rings is 1. The van der Waals surface area contributed by atoms with Gasteiger partial charge in [-0.2, -0.15) is 0 Å². The molecule has 6 nitrogen and oxygen atoms in total. The monoisotopic (exact) mass is 348 g/mol. The third kappa shape index (κ3) is 3.49. The highest BCUT2D eigenvalue weighted by Gasteiger charge is 2.37. The second kappa shape index (κ2) is 7.65. The van der Waals surface area contributed by atoms with Gasteiger partial charge < -0.3 is 9.88 Å². The average molecular weight is 348 g/mol. The Morgan fingerprint density at radius 3 is 2.88 bits per heavy atom. The molecule has 0 spiro atoms. The van der Waals surface area contributed by atoms with Gasteiger partial charge in [-0.3, -0.25) is 14.9 Å². The quantitative estimate of drug-likeness (QED) is 0.788. The molecule has 3 rings (SSSR count). The molecule has 2 N–H and O–H groups in total. The lowest BCUT2D eigenvalue weighted by molar-refractivity contribution is -0.119. The van der Waals surface area contributed by atoms with Crippen molar-refractivity contribution in [3.8, 4) is 0 Å². The topological polar surface area (TPSA) is 78.1 Å². The van der Waals surface area contributed by atoms with Crippen LogP contribution in [-0.4, -0.2) is 32.7 Å². The summed E-state index contributed by atoms with van der Waals surface area (Å²) in [7, 11) is 0. The third-order valence-corrected chi connectivity index (χ3v) is 4.11. The van der Waals surface area contributed by atoms with E-state index < -0.39 is 6.04 Å². The summed E-state index contributed by atoms with van der Waals surface area (Å²) in [6.45, 7) is 6.27. The predicted octanol–water partition coefficient (Wildman–Crippen LogP) is 3.06. The summed E-state index contributed by atoms with van der Waals surface area (Å²) >= 11 is 0. The largest absolute Gasteiger partial charge is 0.331 e. The maximum Gasteiger partial charge on any atom is 0.255 e. The Balaban J connectivity index is 1.89. The van der Waals surface area contributed by atoms with Gasteiger partial charge in [0.1, 0.15) is 6.04 Å². The highest BCUT2D eigenvalue weighted by molar-refractivity contribution is 6.04. The number of nitrogens with zero attached hydrogens (tertiary/aromatic N) is 2. The van der Waals surface area contributed by atoms with Crippen molar-refractivity contribution in [1.82, 2.24) is 14.9 Å². The molecule has 1 aliphatic heterocycles. The number of carbonyl (C=O) groups is 2. The molecule has 132 valence electrons. The maximum absolute atomic E-state index is 12.9. The summed E-state index contributed by atoms with van der Waals surface area (Å²) in [6, 6.07) is 6.54. The zero-order valence-corrected chi connectivity index (χ0v) is 14.5. The minimum Gasteiger partial charge on any atom is -0.331 e. The first kappa shape index (κ1) is 17.4. The molecular formula is C20H20N4O2. The number of hydrogen-bond donors (Lipinski definition) is 2. The highest BCUT2D eigenvalue weighted by Crippen LogP contribution is 2.27. The summed E-state index contributed by atoms with van der Waals surface area (Å²) in [5.41, 5.74) is 2.04. The zero-order chi connectivity index (χ0) is 18.5. The van der Waals surface area contributed by atoms with Crippen molar-refractivity contribution in [2.75, 3.05) is 5.32 Å². The molecule has 6 heteroatoms. The number of carbonyl (C=O) groups excluding carboxylic acids is 2. The van der Waals surface area contributed by atoms with Crippen LogP contribution in [0.5, 0.6) is 0 Å². The van der Waals surface area contributed by atoms with E-state index in [0.717, 1.165) is 5.56 Å². The van der Waals surface area contributed by atoms with Crippen LogP contribution in [0.4, 0.5) is 5.95 Å². The minimum absolute atomic E-state index is 0.180. The highest BCUT2D eigenvalue weighted by atomic mass is 16.2. The van der Waals surface area contributed by atoms with Crippen molar-refractivity contribution in [2.24, 2.45) is 0 Å². The smallest absolute Gasteiger partial charge is 0.255 e. The first-order valence-corrected chi connectivity index (χ1v) is 8.29. The molecule has 0 aliphatic carbocycles. The van der Waals surface area contributed by atoms with Gasteiger partial charge in [-0.05, 0) is 24.1 Å². The van der Waals surface area contributed by atoms with Crippen LogP contribution in [0, 0.1) is 0 Å². The summed E-state index contributed by atoms with van der Waals surface area (Å²) in [5.74, 6) is -0.216. The molecule has 26 heavy (non-hydrogen) atoms. The Labute approximate surface area is 151 Å². The SMILES string of the molecule is C=C(/C=C\C=C/C)[C@@H](C(=O)Nc1ncc[nH]1)N1Cc2ccccc2C1=O. The Kier molecular flexibility index (Phi) is 5.12. The van der Waals surface area contributed by atoms with E-state index in [0.29, 0.717) is 23.6 Å². The number of rotatable bonds is 6. The zero-order valence-electron chi connectivity index (χ0n) is 14.5. The number of aromatic nitrogens is 2. The van der Waals surface area contributed by atoms with Crippen LogP contribution in [0.25, 0.3) is 0 Å². The normalized spacial score (nSPS) is 14.8. The first-order chi connectivity index (χ1) is 12.6. The van der Waals surface area contributed by atoms with Crippen LogP contribution in [0.3, 0.4) is 0 Å². The number of anilines is 1. The van der Waals surface area contributed by atoms with Gasteiger partial charge in [0.15, 0.2) is 0 Å². The summed E-state index contributed by atoms with van der Waals surface area (Å²) in [4.78, 5) is 34.1. The van der Waals surface area contributed by atoms with E-state index in [-0.39, 0.29) is 11.8 Å². The van der Waals surface area contributed by atoms with Crippen LogP contribution in [0.15, 0.2) is 73.1 Å². The van der Waals surface area contributed by atoms with E-state index in [9.17, 15) is 9.59 Å². The molecule has 0 fully saturated rings. The van der Waals surface area contributed by atoms with E-state index >= 15 is 0 Å². The number of hydrogen-bond acceptors (Lipinski definition) is 3. The van der Waals surface area contributed by atoms with Crippen LogP contribution in [0.1, 0.15) is 22.8 Å². The second-order valence-corrected chi connectivity index (χ2v) is 5.88. The van der Waals surface area contributed by atoms with Gasteiger partial charge in [0.25, 0.3) is 11.8 Å². The van der Waals surface area contributed by atoms with Crippen molar-refractivity contribution in [3.63, 3.8) is 0 Å². The van der Waals surface area contributed by atoms with Crippen LogP contribution in [-0.2, 0) is 11.3 Å². The average Bonchev–Trinajstić information content (AvgIpc) is 3.24. The molecule has 0 radical (unpaired) electrons. The Morgan fingerprint density at radius 1 is 1.38 bits per heavy atom. The fraction of sp³-hybridized carbons (Fsp3) is 0.150. The standard InChI is InChI=1S/C20H20N4O2/c1-3-4-5-8-14(2)17(18(25)23-20-21-11-12-22-20)24-13-15-9-6-7-10-16(15)19(24)26/h3-12,17H,2,13H2,1H3,(H2,21,22,23,25)/b4-3-,8-5-/t17-/m0/s1. The van der Waals surface area contributed by atoms with Gasteiger partial charge in [-0.1, -0.05) is 49.1 Å². The molecule has 1 aromatic carbocycles. The van der Waals surface area contributed by atoms with Crippen LogP contribution in [0.2, 0.25) is 0 Å². The van der Waals surface area contributed by atoms with E-state index in [2.05, 4.69) is 21.9 Å². The Bertz CT molecular complexity index is 881. The fourth-order valence-corrected chi connectivity index (χ4v) is 2.90. The van der Waals surface area contributed by atoms with E-state index in [4.69, 9.17) is 0 Å². The summed E-state index contributed by atoms with van der Waals surface area (Å²) < 4.78 is 0. The number of allylic oxidation sites excluding steroid dienone is 3. The van der Waals surface area contributed by atoms with Gasteiger partial charge in [0.2, 0.25) is 5.95 Å². The number of H-pyrrole nitrogens is 1. The van der Waals surface area contributed by atoms with Gasteiger partial charge in [0, 0.05) is 24.5 Å². The van der Waals surface area contributed by atoms with E-state index in [1.54, 1.807) is 30.6 Å². The predicted molar refractivity (Wildman–Crippen MR) is 100 cm³/mol. The fourth-order valence-electron chi connectivity index (χ4n) is 2.90. The van der Waals surface area contributed by atoms with Crippen molar-refractivity contribution >= 4 is 17.8 Å². The van der Waals surface area contributed by atoms with Crippen molar-refractivity contribution < 1.29 is 9.59 Å². The number of amides is 2. The number of aromatic amines is 1. The van der Waals surface area contributed by atoms with Crippen LogP contribution < -0.4 is 5.32 Å². The Hall–Kier alpha value is -3.41. The van der Waals surface area contributed by atoms with E-state index in [1.807, 2.05) is 37.3 Å². The molecular weight excluding hydrogens is 328 g/mol. The minimum atomic E-state index is -0.832. The second-order valence-electron chi connectivity index (χ2n) is 5.88. The molecule has 0 saturated carbocycles. The molecule has 1 aromatic heterocycles. The molecule has 1 atom stereocenters. The molecule has 2 amide bonds. The maximum atomic E-state index is 12.9. The van der Waals surface area contributed by atoms with Crippen molar-refractivity contribution in [3.05, 3.63) is 84.2 Å². The molecule has 0 unspecified atom stereocenters. The van der Waals surface area contributed by atoms with Gasteiger partial charge in [-0.15, -0.1) is 0 Å².